The number of carbonyl (C=O) groups is 1. The van der Waals surface area contributed by atoms with Crippen molar-refractivity contribution in [2.24, 2.45) is 0 Å². The monoisotopic (exact) mass is 317 g/mol. The first kappa shape index (κ1) is 16.5. The Morgan fingerprint density at radius 2 is 1.59 bits per heavy atom. The maximum Gasteiger partial charge on any atom is 0.245 e. The van der Waals surface area contributed by atoms with Crippen LogP contribution in [0.3, 0.4) is 0 Å². The fourth-order valence-electron chi connectivity index (χ4n) is 2.21. The van der Waals surface area contributed by atoms with Gasteiger partial charge in [-0.2, -0.15) is 0 Å². The third-order valence-corrected chi connectivity index (χ3v) is 3.86. The van der Waals surface area contributed by atoms with Crippen LogP contribution in [-0.4, -0.2) is 25.1 Å². The molecule has 1 amide bonds. The van der Waals surface area contributed by atoms with Gasteiger partial charge in [0.15, 0.2) is 0 Å². The highest BCUT2D eigenvalue weighted by Gasteiger charge is 2.07. The molecule has 0 aliphatic carbocycles. The van der Waals surface area contributed by atoms with Gasteiger partial charge in [0.1, 0.15) is 0 Å². The fourth-order valence-corrected chi connectivity index (χ4v) is 2.34. The summed E-state index contributed by atoms with van der Waals surface area (Å²) < 4.78 is 0. The van der Waals surface area contributed by atoms with E-state index < -0.39 is 0 Å². The molecule has 0 fully saturated rings. The molecule has 4 heteroatoms. The number of hydrogen-bond acceptors (Lipinski definition) is 2. The summed E-state index contributed by atoms with van der Waals surface area (Å²) in [5.41, 5.74) is 3.54. The molecule has 0 aliphatic heterocycles. The lowest BCUT2D eigenvalue weighted by Crippen LogP contribution is -2.25. The first-order valence-electron chi connectivity index (χ1n) is 7.25. The van der Waals surface area contributed by atoms with Gasteiger partial charge in [-0.3, -0.25) is 9.63 Å². The van der Waals surface area contributed by atoms with Crippen molar-refractivity contribution in [1.82, 2.24) is 5.06 Å². The van der Waals surface area contributed by atoms with Crippen molar-refractivity contribution in [3.63, 3.8) is 0 Å². The molecular formula is C18H20ClNO2. The quantitative estimate of drug-likeness (QED) is 0.741. The van der Waals surface area contributed by atoms with E-state index in [9.17, 15) is 4.79 Å². The van der Waals surface area contributed by atoms with E-state index >= 15 is 0 Å². The topological polar surface area (TPSA) is 29.5 Å². The lowest BCUT2D eigenvalue weighted by Gasteiger charge is -2.13. The Hall–Kier alpha value is -1.84. The molecule has 0 aliphatic rings. The SMILES string of the molecule is CON(C)C(=O)CCCc1ccc(-c2ccc(Cl)cc2)cc1. The van der Waals surface area contributed by atoms with Gasteiger partial charge >= 0.3 is 0 Å². The number of benzene rings is 2. The molecule has 0 saturated heterocycles. The van der Waals surface area contributed by atoms with Crippen LogP contribution in [0.4, 0.5) is 0 Å². The maximum absolute atomic E-state index is 11.6. The highest BCUT2D eigenvalue weighted by molar-refractivity contribution is 6.30. The van der Waals surface area contributed by atoms with Crippen LogP contribution in [0.25, 0.3) is 11.1 Å². The summed E-state index contributed by atoms with van der Waals surface area (Å²) in [4.78, 5) is 16.5. The van der Waals surface area contributed by atoms with Crippen LogP contribution >= 0.6 is 11.6 Å². The third-order valence-electron chi connectivity index (χ3n) is 3.61. The number of nitrogens with zero attached hydrogens (tertiary/aromatic N) is 1. The van der Waals surface area contributed by atoms with Crippen molar-refractivity contribution in [2.75, 3.05) is 14.2 Å². The maximum atomic E-state index is 11.6. The molecule has 22 heavy (non-hydrogen) atoms. The number of hydroxylamine groups is 2. The van der Waals surface area contributed by atoms with Crippen LogP contribution in [0.5, 0.6) is 0 Å². The lowest BCUT2D eigenvalue weighted by molar-refractivity contribution is -0.168. The fraction of sp³-hybridized carbons (Fsp3) is 0.278. The van der Waals surface area contributed by atoms with Gasteiger partial charge in [-0.05, 0) is 41.7 Å². The van der Waals surface area contributed by atoms with E-state index in [0.29, 0.717) is 6.42 Å². The van der Waals surface area contributed by atoms with Gasteiger partial charge in [0.25, 0.3) is 0 Å². The molecule has 0 atom stereocenters. The molecule has 2 aromatic rings. The molecule has 0 bridgehead atoms. The van der Waals surface area contributed by atoms with E-state index in [1.54, 1.807) is 7.05 Å². The summed E-state index contributed by atoms with van der Waals surface area (Å²) in [5.74, 6) is 0.000263. The average Bonchev–Trinajstić information content (AvgIpc) is 2.55. The molecular weight excluding hydrogens is 298 g/mol. The summed E-state index contributed by atoms with van der Waals surface area (Å²) in [5, 5.41) is 2.01. The van der Waals surface area contributed by atoms with Crippen LogP contribution in [-0.2, 0) is 16.1 Å². The number of rotatable bonds is 6. The van der Waals surface area contributed by atoms with Crippen LogP contribution in [0.1, 0.15) is 18.4 Å². The van der Waals surface area contributed by atoms with Crippen molar-refractivity contribution in [3.05, 3.63) is 59.1 Å². The summed E-state index contributed by atoms with van der Waals surface area (Å²) in [6.45, 7) is 0. The molecule has 2 aromatic carbocycles. The van der Waals surface area contributed by atoms with Gasteiger partial charge < -0.3 is 0 Å². The second kappa shape index (κ2) is 7.97. The first-order chi connectivity index (χ1) is 10.6. The Labute approximate surface area is 136 Å². The predicted octanol–water partition coefficient (Wildman–Crippen LogP) is 4.35. The van der Waals surface area contributed by atoms with E-state index in [2.05, 4.69) is 24.3 Å². The Morgan fingerprint density at radius 1 is 1.05 bits per heavy atom. The Morgan fingerprint density at radius 3 is 2.14 bits per heavy atom. The van der Waals surface area contributed by atoms with Crippen molar-refractivity contribution >= 4 is 17.5 Å². The van der Waals surface area contributed by atoms with Gasteiger partial charge in [-0.15, -0.1) is 0 Å². The van der Waals surface area contributed by atoms with Crippen molar-refractivity contribution in [2.45, 2.75) is 19.3 Å². The highest BCUT2D eigenvalue weighted by atomic mass is 35.5. The predicted molar refractivity (Wildman–Crippen MR) is 89.6 cm³/mol. The van der Waals surface area contributed by atoms with Crippen molar-refractivity contribution in [3.8, 4) is 11.1 Å². The first-order valence-corrected chi connectivity index (χ1v) is 7.63. The van der Waals surface area contributed by atoms with Crippen molar-refractivity contribution < 1.29 is 9.63 Å². The summed E-state index contributed by atoms with van der Waals surface area (Å²) >= 11 is 5.90. The van der Waals surface area contributed by atoms with Crippen LogP contribution in [0.2, 0.25) is 5.02 Å². The minimum atomic E-state index is 0.000263. The summed E-state index contributed by atoms with van der Waals surface area (Å²) in [7, 11) is 3.12. The summed E-state index contributed by atoms with van der Waals surface area (Å²) in [6.07, 6.45) is 2.18. The number of hydrogen-bond donors (Lipinski definition) is 0. The molecule has 0 N–H and O–H groups in total. The zero-order valence-electron chi connectivity index (χ0n) is 12.9. The number of carbonyl (C=O) groups excluding carboxylic acids is 1. The van der Waals surface area contributed by atoms with Crippen molar-refractivity contribution in [1.29, 1.82) is 0 Å². The molecule has 3 nitrogen and oxygen atoms in total. The number of aryl methyl sites for hydroxylation is 1. The van der Waals surface area contributed by atoms with E-state index in [1.807, 2.05) is 24.3 Å². The van der Waals surface area contributed by atoms with E-state index in [1.165, 1.54) is 17.7 Å². The summed E-state index contributed by atoms with van der Waals surface area (Å²) in [6, 6.07) is 16.2. The molecule has 0 radical (unpaired) electrons. The minimum Gasteiger partial charge on any atom is -0.275 e. The van der Waals surface area contributed by atoms with E-state index in [0.717, 1.165) is 29.0 Å². The van der Waals surface area contributed by atoms with Gasteiger partial charge in [-0.1, -0.05) is 48.0 Å². The average molecular weight is 318 g/mol. The molecule has 116 valence electrons. The molecule has 0 spiro atoms. The smallest absolute Gasteiger partial charge is 0.245 e. The number of amides is 1. The van der Waals surface area contributed by atoms with E-state index in [-0.39, 0.29) is 5.91 Å². The lowest BCUT2D eigenvalue weighted by atomic mass is 10.0. The second-order valence-corrected chi connectivity index (χ2v) is 5.57. The second-order valence-electron chi connectivity index (χ2n) is 5.13. The van der Waals surface area contributed by atoms with Crippen LogP contribution < -0.4 is 0 Å². The molecule has 0 heterocycles. The van der Waals surface area contributed by atoms with Gasteiger partial charge in [0, 0.05) is 18.5 Å². The van der Waals surface area contributed by atoms with Crippen LogP contribution in [0.15, 0.2) is 48.5 Å². The third kappa shape index (κ3) is 4.58. The van der Waals surface area contributed by atoms with Crippen LogP contribution in [0, 0.1) is 0 Å². The largest absolute Gasteiger partial charge is 0.275 e. The van der Waals surface area contributed by atoms with Gasteiger partial charge in [0.2, 0.25) is 5.91 Å². The van der Waals surface area contributed by atoms with Gasteiger partial charge in [0.05, 0.1) is 7.11 Å². The standard InChI is InChI=1S/C18H20ClNO2/c1-20(22-2)18(21)5-3-4-14-6-8-15(9-7-14)16-10-12-17(19)13-11-16/h6-13H,3-5H2,1-2H3. The van der Waals surface area contributed by atoms with E-state index in [4.69, 9.17) is 16.4 Å². The molecule has 0 aromatic heterocycles. The minimum absolute atomic E-state index is 0.000263. The molecule has 2 rings (SSSR count). The Kier molecular flexibility index (Phi) is 5.99. The normalized spacial score (nSPS) is 10.5. The molecule has 0 saturated carbocycles. The zero-order valence-corrected chi connectivity index (χ0v) is 13.6. The zero-order chi connectivity index (χ0) is 15.9. The Bertz CT molecular complexity index is 608. The highest BCUT2D eigenvalue weighted by Crippen LogP contribution is 2.22. The molecule has 0 unspecified atom stereocenters. The van der Waals surface area contributed by atoms with Gasteiger partial charge in [-0.25, -0.2) is 5.06 Å². The Balaban J connectivity index is 1.89. The number of halogens is 1.